The lowest BCUT2D eigenvalue weighted by Gasteiger charge is -2.08. The lowest BCUT2D eigenvalue weighted by Crippen LogP contribution is -2.14. The van der Waals surface area contributed by atoms with E-state index in [1.165, 1.54) is 18.3 Å². The molecule has 1 N–H and O–H groups in total. The molecule has 2 aromatic rings. The molecule has 0 atom stereocenters. The topological polar surface area (TPSA) is 59.3 Å². The number of rotatable bonds is 3. The van der Waals surface area contributed by atoms with Crippen LogP contribution in [0.5, 0.6) is 0 Å². The van der Waals surface area contributed by atoms with Crippen LogP contribution in [0.15, 0.2) is 47.5 Å². The highest BCUT2D eigenvalue weighted by atomic mass is 32.2. The van der Waals surface area contributed by atoms with Crippen LogP contribution in [0.25, 0.3) is 0 Å². The first-order chi connectivity index (χ1) is 8.05. The third-order valence-electron chi connectivity index (χ3n) is 2.46. The Morgan fingerprint density at radius 1 is 1.24 bits per heavy atom. The van der Waals surface area contributed by atoms with E-state index in [1.807, 2.05) is 0 Å². The summed E-state index contributed by atoms with van der Waals surface area (Å²) in [5.74, 6) is 0. The first kappa shape index (κ1) is 11.9. The molecule has 1 heterocycles. The van der Waals surface area contributed by atoms with Crippen molar-refractivity contribution in [3.8, 4) is 0 Å². The van der Waals surface area contributed by atoms with Crippen LogP contribution < -0.4 is 0 Å². The summed E-state index contributed by atoms with van der Waals surface area (Å²) in [5, 5.41) is 9.16. The highest BCUT2D eigenvalue weighted by molar-refractivity contribution is 7.90. The van der Waals surface area contributed by atoms with Crippen molar-refractivity contribution in [2.24, 2.45) is 0 Å². The molecule has 1 aromatic carbocycles. The van der Waals surface area contributed by atoms with E-state index in [-0.39, 0.29) is 11.5 Å². The molecule has 1 aromatic heterocycles. The van der Waals surface area contributed by atoms with Crippen LogP contribution in [0.1, 0.15) is 11.3 Å². The Hall–Kier alpha value is -1.59. The zero-order valence-electron chi connectivity index (χ0n) is 9.37. The summed E-state index contributed by atoms with van der Waals surface area (Å²) in [4.78, 5) is 0.213. The van der Waals surface area contributed by atoms with Gasteiger partial charge >= 0.3 is 0 Å². The van der Waals surface area contributed by atoms with Gasteiger partial charge in [-0.3, -0.25) is 0 Å². The van der Waals surface area contributed by atoms with Crippen molar-refractivity contribution in [3.05, 3.63) is 53.9 Å². The van der Waals surface area contributed by atoms with E-state index < -0.39 is 10.0 Å². The molecular formula is C12H13NO3S. The third-order valence-corrected chi connectivity index (χ3v) is 4.19. The molecule has 0 unspecified atom stereocenters. The van der Waals surface area contributed by atoms with Gasteiger partial charge in [0.1, 0.15) is 0 Å². The molecule has 0 fully saturated rings. The van der Waals surface area contributed by atoms with Gasteiger partial charge in [0.05, 0.1) is 17.2 Å². The molecule has 0 radical (unpaired) electrons. The van der Waals surface area contributed by atoms with Crippen molar-refractivity contribution < 1.29 is 13.5 Å². The van der Waals surface area contributed by atoms with Crippen LogP contribution in [-0.2, 0) is 16.6 Å². The van der Waals surface area contributed by atoms with Crippen molar-refractivity contribution in [3.63, 3.8) is 0 Å². The maximum Gasteiger partial charge on any atom is 0.267 e. The Bertz CT molecular complexity index is 614. The number of nitrogens with zero attached hydrogens (tertiary/aromatic N) is 1. The van der Waals surface area contributed by atoms with E-state index in [0.29, 0.717) is 5.69 Å². The smallest absolute Gasteiger partial charge is 0.267 e. The lowest BCUT2D eigenvalue weighted by molar-refractivity contribution is 0.275. The van der Waals surface area contributed by atoms with Gasteiger partial charge < -0.3 is 5.11 Å². The van der Waals surface area contributed by atoms with Gasteiger partial charge in [-0.05, 0) is 30.7 Å². The van der Waals surface area contributed by atoms with Crippen molar-refractivity contribution in [2.75, 3.05) is 0 Å². The molecule has 0 saturated heterocycles. The van der Waals surface area contributed by atoms with Gasteiger partial charge in [0.2, 0.25) is 0 Å². The Morgan fingerprint density at radius 2 is 1.88 bits per heavy atom. The average Bonchev–Trinajstić information content (AvgIpc) is 2.72. The van der Waals surface area contributed by atoms with E-state index in [2.05, 4.69) is 0 Å². The Balaban J connectivity index is 2.60. The highest BCUT2D eigenvalue weighted by Crippen LogP contribution is 2.18. The second-order valence-electron chi connectivity index (χ2n) is 3.78. The number of aromatic nitrogens is 1. The molecule has 0 saturated carbocycles. The fourth-order valence-electron chi connectivity index (χ4n) is 1.68. The lowest BCUT2D eigenvalue weighted by atomic mass is 10.3. The number of hydrogen-bond donors (Lipinski definition) is 1. The first-order valence-corrected chi connectivity index (χ1v) is 6.59. The van der Waals surface area contributed by atoms with E-state index >= 15 is 0 Å². The van der Waals surface area contributed by atoms with Gasteiger partial charge in [0.15, 0.2) is 0 Å². The quantitative estimate of drug-likeness (QED) is 0.900. The van der Waals surface area contributed by atoms with Crippen LogP contribution in [0.3, 0.4) is 0 Å². The third kappa shape index (κ3) is 2.11. The molecule has 17 heavy (non-hydrogen) atoms. The molecule has 0 amide bonds. The minimum atomic E-state index is -3.60. The van der Waals surface area contributed by atoms with Gasteiger partial charge in [0, 0.05) is 6.20 Å². The normalized spacial score (nSPS) is 11.6. The minimum absolute atomic E-state index is 0.213. The first-order valence-electron chi connectivity index (χ1n) is 5.15. The number of hydrogen-bond acceptors (Lipinski definition) is 3. The standard InChI is InChI=1S/C12H13NO3S/c1-10-7-11(9-14)13(8-10)17(15,16)12-5-3-2-4-6-12/h2-8,14H,9H2,1H3. The summed E-state index contributed by atoms with van der Waals surface area (Å²) < 4.78 is 25.7. The van der Waals surface area contributed by atoms with Crippen molar-refractivity contribution >= 4 is 10.0 Å². The van der Waals surface area contributed by atoms with Gasteiger partial charge in [-0.15, -0.1) is 0 Å². The maximum absolute atomic E-state index is 12.3. The summed E-state index contributed by atoms with van der Waals surface area (Å²) in [6.45, 7) is 1.48. The predicted octanol–water partition coefficient (Wildman–Crippen LogP) is 1.53. The van der Waals surface area contributed by atoms with Crippen LogP contribution in [0.4, 0.5) is 0 Å². The summed E-state index contributed by atoms with van der Waals surface area (Å²) >= 11 is 0. The van der Waals surface area contributed by atoms with Crippen LogP contribution in [0, 0.1) is 6.92 Å². The number of benzene rings is 1. The molecule has 2 rings (SSSR count). The van der Waals surface area contributed by atoms with Gasteiger partial charge in [-0.2, -0.15) is 0 Å². The zero-order valence-corrected chi connectivity index (χ0v) is 10.2. The molecular weight excluding hydrogens is 238 g/mol. The van der Waals surface area contributed by atoms with Crippen LogP contribution >= 0.6 is 0 Å². The Morgan fingerprint density at radius 3 is 2.47 bits per heavy atom. The fourth-order valence-corrected chi connectivity index (χ4v) is 3.13. The van der Waals surface area contributed by atoms with Gasteiger partial charge in [-0.1, -0.05) is 18.2 Å². The minimum Gasteiger partial charge on any atom is -0.390 e. The van der Waals surface area contributed by atoms with E-state index in [0.717, 1.165) is 9.54 Å². The number of aliphatic hydroxyl groups excluding tert-OH is 1. The monoisotopic (exact) mass is 251 g/mol. The summed E-state index contributed by atoms with van der Waals surface area (Å²) in [6.07, 6.45) is 1.51. The number of aryl methyl sites for hydroxylation is 1. The predicted molar refractivity (Wildman–Crippen MR) is 64.1 cm³/mol. The Labute approximate surface area is 100 Å². The fraction of sp³-hybridized carbons (Fsp3) is 0.167. The zero-order chi connectivity index (χ0) is 12.5. The maximum atomic E-state index is 12.3. The van der Waals surface area contributed by atoms with E-state index in [1.54, 1.807) is 31.2 Å². The van der Waals surface area contributed by atoms with Crippen LogP contribution in [0.2, 0.25) is 0 Å². The molecule has 0 aliphatic heterocycles. The molecule has 90 valence electrons. The van der Waals surface area contributed by atoms with E-state index in [4.69, 9.17) is 5.11 Å². The second kappa shape index (κ2) is 4.35. The molecule has 0 aliphatic rings. The molecule has 0 spiro atoms. The van der Waals surface area contributed by atoms with Gasteiger partial charge in [0.25, 0.3) is 10.0 Å². The average molecular weight is 251 g/mol. The molecule has 5 heteroatoms. The van der Waals surface area contributed by atoms with Crippen molar-refractivity contribution in [1.82, 2.24) is 3.97 Å². The van der Waals surface area contributed by atoms with Crippen LogP contribution in [-0.4, -0.2) is 17.5 Å². The van der Waals surface area contributed by atoms with Gasteiger partial charge in [-0.25, -0.2) is 12.4 Å². The SMILES string of the molecule is Cc1cc(CO)n(S(=O)(=O)c2ccccc2)c1. The molecule has 0 bridgehead atoms. The summed E-state index contributed by atoms with van der Waals surface area (Å²) in [6, 6.07) is 9.81. The van der Waals surface area contributed by atoms with Crippen molar-refractivity contribution in [1.29, 1.82) is 0 Å². The summed E-state index contributed by atoms with van der Waals surface area (Å²) in [7, 11) is -3.60. The largest absolute Gasteiger partial charge is 0.390 e. The Kier molecular flexibility index (Phi) is 3.04. The molecule has 0 aliphatic carbocycles. The second-order valence-corrected chi connectivity index (χ2v) is 5.60. The highest BCUT2D eigenvalue weighted by Gasteiger charge is 2.19. The number of aliphatic hydroxyl groups is 1. The molecule has 4 nitrogen and oxygen atoms in total. The van der Waals surface area contributed by atoms with Crippen molar-refractivity contribution in [2.45, 2.75) is 18.4 Å². The summed E-state index contributed by atoms with van der Waals surface area (Å²) in [5.41, 5.74) is 1.17. The van der Waals surface area contributed by atoms with E-state index in [9.17, 15) is 8.42 Å².